The number of hydrogen-bond acceptors (Lipinski definition) is 3. The fraction of sp³-hybridized carbons (Fsp3) is 0.214. The summed E-state index contributed by atoms with van der Waals surface area (Å²) in [5.74, 6) is 0. The van der Waals surface area contributed by atoms with Crippen molar-refractivity contribution in [2.45, 2.75) is 20.8 Å². The summed E-state index contributed by atoms with van der Waals surface area (Å²) in [6, 6.07) is 7.41. The number of rotatable bonds is 2. The molecule has 18 heavy (non-hydrogen) atoms. The van der Waals surface area contributed by atoms with E-state index in [1.165, 1.54) is 6.07 Å². The van der Waals surface area contributed by atoms with E-state index >= 15 is 0 Å². The van der Waals surface area contributed by atoms with Crippen molar-refractivity contribution in [2.75, 3.05) is 0 Å². The minimum absolute atomic E-state index is 0.0697. The zero-order valence-electron chi connectivity index (χ0n) is 10.6. The summed E-state index contributed by atoms with van der Waals surface area (Å²) in [7, 11) is 0. The van der Waals surface area contributed by atoms with E-state index in [2.05, 4.69) is 11.2 Å². The molecule has 0 radical (unpaired) electrons. The van der Waals surface area contributed by atoms with Gasteiger partial charge in [-0.2, -0.15) is 5.10 Å². The Labute approximate surface area is 105 Å². The predicted molar refractivity (Wildman–Crippen MR) is 69.4 cm³/mol. The molecule has 0 N–H and O–H groups in total. The molecule has 0 amide bonds. The monoisotopic (exact) mass is 242 g/mol. The minimum atomic E-state index is -0.344. The normalized spacial score (nSPS) is 10.4. The van der Waals surface area contributed by atoms with Crippen LogP contribution in [0.4, 0.5) is 0 Å². The molecule has 0 atom stereocenters. The summed E-state index contributed by atoms with van der Waals surface area (Å²) < 4.78 is 1.62. The Kier molecular flexibility index (Phi) is 3.10. The van der Waals surface area contributed by atoms with Gasteiger partial charge in [0.05, 0.1) is 5.69 Å². The van der Waals surface area contributed by atoms with Crippen LogP contribution in [0.1, 0.15) is 27.3 Å². The number of aryl methyl sites for hydroxylation is 3. The lowest BCUT2D eigenvalue weighted by atomic mass is 10.1. The smallest absolute Gasteiger partial charge is 0.211 e. The molecule has 0 bridgehead atoms. The first-order chi connectivity index (χ1) is 8.51. The zero-order chi connectivity index (χ0) is 13.3. The summed E-state index contributed by atoms with van der Waals surface area (Å²) in [5.41, 5.74) is 3.36. The van der Waals surface area contributed by atoms with Gasteiger partial charge in [0.25, 0.3) is 0 Å². The van der Waals surface area contributed by atoms with Gasteiger partial charge in [-0.3, -0.25) is 9.59 Å². The average molecular weight is 242 g/mol. The van der Waals surface area contributed by atoms with Crippen LogP contribution in [0.2, 0.25) is 0 Å². The number of carbonyl (C=O) groups excluding carboxylic acids is 1. The van der Waals surface area contributed by atoms with E-state index in [-0.39, 0.29) is 11.1 Å². The van der Waals surface area contributed by atoms with Crippen molar-refractivity contribution >= 4 is 6.29 Å². The molecule has 2 rings (SSSR count). The highest BCUT2D eigenvalue weighted by molar-refractivity contribution is 5.71. The molecule has 92 valence electrons. The molecule has 1 aromatic heterocycles. The molecule has 0 saturated carbocycles. The third-order valence-corrected chi connectivity index (χ3v) is 2.70. The van der Waals surface area contributed by atoms with E-state index in [4.69, 9.17) is 0 Å². The van der Waals surface area contributed by atoms with Crippen LogP contribution >= 0.6 is 0 Å². The van der Waals surface area contributed by atoms with Crippen LogP contribution in [0, 0.1) is 20.8 Å². The molecule has 4 heteroatoms. The molecular formula is C14H14N2O2. The van der Waals surface area contributed by atoms with Crippen molar-refractivity contribution in [3.63, 3.8) is 0 Å². The maximum atomic E-state index is 11.5. The number of hydrogen-bond donors (Lipinski definition) is 0. The fourth-order valence-electron chi connectivity index (χ4n) is 1.98. The molecule has 0 unspecified atom stereocenters. The van der Waals surface area contributed by atoms with Crippen molar-refractivity contribution < 1.29 is 4.79 Å². The van der Waals surface area contributed by atoms with E-state index in [0.29, 0.717) is 12.0 Å². The maximum absolute atomic E-state index is 11.5. The van der Waals surface area contributed by atoms with Gasteiger partial charge >= 0.3 is 0 Å². The molecule has 1 heterocycles. The van der Waals surface area contributed by atoms with Crippen LogP contribution in [-0.4, -0.2) is 16.1 Å². The van der Waals surface area contributed by atoms with Crippen LogP contribution in [-0.2, 0) is 0 Å². The minimum Gasteiger partial charge on any atom is -0.296 e. The first kappa shape index (κ1) is 12.2. The van der Waals surface area contributed by atoms with Crippen LogP contribution in [0.15, 0.2) is 29.1 Å². The van der Waals surface area contributed by atoms with Gasteiger partial charge < -0.3 is 0 Å². The Balaban J connectivity index is 2.70. The van der Waals surface area contributed by atoms with E-state index in [1.807, 2.05) is 26.0 Å². The number of carbonyl (C=O) groups is 1. The molecule has 0 aliphatic heterocycles. The van der Waals surface area contributed by atoms with Crippen molar-refractivity contribution in [1.82, 2.24) is 9.78 Å². The SMILES string of the molecule is Cc1cc(C)cc(-n2nc(C=O)c(=O)cc2C)c1. The quantitative estimate of drug-likeness (QED) is 0.756. The van der Waals surface area contributed by atoms with E-state index in [9.17, 15) is 9.59 Å². The predicted octanol–water partition coefficient (Wildman–Crippen LogP) is 1.97. The third-order valence-electron chi connectivity index (χ3n) is 2.70. The second-order valence-electron chi connectivity index (χ2n) is 4.41. The topological polar surface area (TPSA) is 52.0 Å². The number of aldehydes is 1. The third kappa shape index (κ3) is 2.22. The van der Waals surface area contributed by atoms with Crippen LogP contribution in [0.3, 0.4) is 0 Å². The Hall–Kier alpha value is -2.23. The summed E-state index contributed by atoms with van der Waals surface area (Å²) in [6.07, 6.45) is 0.487. The van der Waals surface area contributed by atoms with E-state index in [1.54, 1.807) is 11.6 Å². The van der Waals surface area contributed by atoms with Gasteiger partial charge in [-0.25, -0.2) is 4.68 Å². The van der Waals surface area contributed by atoms with Crippen molar-refractivity contribution in [3.8, 4) is 5.69 Å². The highest BCUT2D eigenvalue weighted by atomic mass is 16.1. The summed E-state index contributed by atoms with van der Waals surface area (Å²) in [4.78, 5) is 22.3. The molecule has 0 aliphatic carbocycles. The van der Waals surface area contributed by atoms with Crippen LogP contribution < -0.4 is 5.43 Å². The Morgan fingerprint density at radius 3 is 2.22 bits per heavy atom. The zero-order valence-corrected chi connectivity index (χ0v) is 10.6. The molecule has 2 aromatic rings. The average Bonchev–Trinajstić information content (AvgIpc) is 2.27. The highest BCUT2D eigenvalue weighted by Gasteiger charge is 2.07. The molecule has 4 nitrogen and oxygen atoms in total. The van der Waals surface area contributed by atoms with E-state index in [0.717, 1.165) is 16.8 Å². The van der Waals surface area contributed by atoms with Gasteiger partial charge in [-0.1, -0.05) is 6.07 Å². The second-order valence-corrected chi connectivity index (χ2v) is 4.41. The first-order valence-corrected chi connectivity index (χ1v) is 5.66. The molecular weight excluding hydrogens is 228 g/mol. The lowest BCUT2D eigenvalue weighted by molar-refractivity contribution is 0.111. The number of benzene rings is 1. The number of aromatic nitrogens is 2. The standard InChI is InChI=1S/C14H14N2O2/c1-9-4-10(2)6-12(5-9)16-11(3)7-14(18)13(8-17)15-16/h4-8H,1-3H3. The summed E-state index contributed by atoms with van der Waals surface area (Å²) >= 11 is 0. The molecule has 0 saturated heterocycles. The van der Waals surface area contributed by atoms with Gasteiger partial charge in [0.2, 0.25) is 5.43 Å². The van der Waals surface area contributed by atoms with E-state index < -0.39 is 0 Å². The van der Waals surface area contributed by atoms with Crippen LogP contribution in [0.5, 0.6) is 0 Å². The Bertz CT molecular complexity index is 652. The second kappa shape index (κ2) is 4.56. The molecule has 0 fully saturated rings. The lowest BCUT2D eigenvalue weighted by Crippen LogP contribution is -2.18. The number of nitrogens with zero attached hydrogens (tertiary/aromatic N) is 2. The fourth-order valence-corrected chi connectivity index (χ4v) is 1.98. The highest BCUT2D eigenvalue weighted by Crippen LogP contribution is 2.13. The maximum Gasteiger partial charge on any atom is 0.211 e. The van der Waals surface area contributed by atoms with Crippen molar-refractivity contribution in [2.24, 2.45) is 0 Å². The van der Waals surface area contributed by atoms with Gasteiger partial charge in [-0.15, -0.1) is 0 Å². The Morgan fingerprint density at radius 2 is 1.67 bits per heavy atom. The summed E-state index contributed by atoms with van der Waals surface area (Å²) in [6.45, 7) is 5.78. The molecule has 1 aromatic carbocycles. The van der Waals surface area contributed by atoms with Gasteiger partial charge in [0.15, 0.2) is 12.0 Å². The van der Waals surface area contributed by atoms with Gasteiger partial charge in [0.1, 0.15) is 0 Å². The van der Waals surface area contributed by atoms with Crippen molar-refractivity contribution in [1.29, 1.82) is 0 Å². The largest absolute Gasteiger partial charge is 0.296 e. The van der Waals surface area contributed by atoms with Gasteiger partial charge in [-0.05, 0) is 44.0 Å². The first-order valence-electron chi connectivity index (χ1n) is 5.66. The summed E-state index contributed by atoms with van der Waals surface area (Å²) in [5, 5.41) is 4.08. The molecule has 0 spiro atoms. The lowest BCUT2D eigenvalue weighted by Gasteiger charge is -2.11. The molecule has 0 aliphatic rings. The van der Waals surface area contributed by atoms with Gasteiger partial charge in [0, 0.05) is 11.8 Å². The van der Waals surface area contributed by atoms with Crippen LogP contribution in [0.25, 0.3) is 5.69 Å². The van der Waals surface area contributed by atoms with Crippen molar-refractivity contribution in [3.05, 3.63) is 57.0 Å². The Morgan fingerprint density at radius 1 is 1.06 bits per heavy atom.